The molecule has 0 spiro atoms. The molecule has 0 bridgehead atoms. The number of hydrogen-bond acceptors (Lipinski definition) is 5. The van der Waals surface area contributed by atoms with Crippen LogP contribution in [0.4, 0.5) is 17.3 Å². The first-order valence-electron chi connectivity index (χ1n) is 11.3. The Labute approximate surface area is 179 Å². The largest absolute Gasteiger partial charge is 0.353 e. The molecule has 2 aliphatic rings. The average Bonchev–Trinajstić information content (AvgIpc) is 3.27. The molecule has 1 saturated carbocycles. The van der Waals surface area contributed by atoms with E-state index in [1.165, 1.54) is 31.2 Å². The molecule has 1 aliphatic carbocycles. The summed E-state index contributed by atoms with van der Waals surface area (Å²) in [5.41, 5.74) is 2.25. The van der Waals surface area contributed by atoms with Crippen molar-refractivity contribution in [1.82, 2.24) is 14.9 Å². The Kier molecular flexibility index (Phi) is 6.50. The highest BCUT2D eigenvalue weighted by molar-refractivity contribution is 5.76. The van der Waals surface area contributed by atoms with Gasteiger partial charge >= 0.3 is 0 Å². The molecule has 2 heterocycles. The topological polar surface area (TPSA) is 61.4 Å². The lowest BCUT2D eigenvalue weighted by Crippen LogP contribution is -2.49. The minimum Gasteiger partial charge on any atom is -0.353 e. The van der Waals surface area contributed by atoms with E-state index in [2.05, 4.69) is 51.4 Å². The number of piperazine rings is 1. The number of nitrogens with zero attached hydrogens (tertiary/aromatic N) is 4. The van der Waals surface area contributed by atoms with Gasteiger partial charge in [0, 0.05) is 44.4 Å². The summed E-state index contributed by atoms with van der Waals surface area (Å²) in [5.74, 6) is 3.57. The van der Waals surface area contributed by atoms with E-state index in [1.54, 1.807) is 0 Å². The maximum absolute atomic E-state index is 12.6. The molecule has 1 aromatic carbocycles. The van der Waals surface area contributed by atoms with Crippen LogP contribution in [0.3, 0.4) is 0 Å². The number of amides is 1. The van der Waals surface area contributed by atoms with Crippen LogP contribution in [0.2, 0.25) is 0 Å². The zero-order chi connectivity index (χ0) is 20.9. The van der Waals surface area contributed by atoms with Gasteiger partial charge in [-0.05, 0) is 38.3 Å². The average molecular weight is 408 g/mol. The second-order valence-electron chi connectivity index (χ2n) is 8.71. The van der Waals surface area contributed by atoms with E-state index in [4.69, 9.17) is 0 Å². The van der Waals surface area contributed by atoms with Crippen LogP contribution in [0.5, 0.6) is 0 Å². The van der Waals surface area contributed by atoms with Crippen molar-refractivity contribution in [3.63, 3.8) is 0 Å². The number of nitrogens with one attached hydrogen (secondary N) is 1. The molecule has 160 valence electrons. The summed E-state index contributed by atoms with van der Waals surface area (Å²) >= 11 is 0. The summed E-state index contributed by atoms with van der Waals surface area (Å²) < 4.78 is 0. The van der Waals surface area contributed by atoms with Crippen molar-refractivity contribution in [2.75, 3.05) is 36.4 Å². The summed E-state index contributed by atoms with van der Waals surface area (Å²) in [7, 11) is 0. The van der Waals surface area contributed by atoms with Gasteiger partial charge in [0.25, 0.3) is 0 Å². The smallest absolute Gasteiger partial charge is 0.222 e. The van der Waals surface area contributed by atoms with Gasteiger partial charge in [-0.2, -0.15) is 0 Å². The summed E-state index contributed by atoms with van der Waals surface area (Å²) in [6.45, 7) is 7.17. The lowest BCUT2D eigenvalue weighted by Gasteiger charge is -2.35. The molecule has 1 N–H and O–H groups in total. The molecule has 1 saturated heterocycles. The van der Waals surface area contributed by atoms with Crippen molar-refractivity contribution in [3.8, 4) is 0 Å². The lowest BCUT2D eigenvalue weighted by atomic mass is 10.0. The molecular weight excluding hydrogens is 374 g/mol. The number of aromatic nitrogens is 2. The molecule has 1 amide bonds. The molecule has 1 aromatic heterocycles. The van der Waals surface area contributed by atoms with Gasteiger partial charge in [-0.1, -0.05) is 43.4 Å². The predicted molar refractivity (Wildman–Crippen MR) is 121 cm³/mol. The number of carbonyl (C=O) groups is 1. The van der Waals surface area contributed by atoms with Crippen LogP contribution in [0.15, 0.2) is 30.3 Å². The molecule has 0 atom stereocenters. The lowest BCUT2D eigenvalue weighted by molar-refractivity contribution is -0.131. The molecule has 2 aromatic rings. The Bertz CT molecular complexity index is 852. The molecular formula is C24H33N5O. The van der Waals surface area contributed by atoms with Gasteiger partial charge in [0.15, 0.2) is 0 Å². The van der Waals surface area contributed by atoms with Crippen molar-refractivity contribution in [3.05, 3.63) is 41.7 Å². The van der Waals surface area contributed by atoms with E-state index < -0.39 is 0 Å². The highest BCUT2D eigenvalue weighted by Gasteiger charge is 2.24. The number of benzene rings is 1. The Morgan fingerprint density at radius 1 is 1.03 bits per heavy atom. The van der Waals surface area contributed by atoms with Crippen LogP contribution in [0, 0.1) is 19.8 Å². The Hall–Kier alpha value is -2.63. The van der Waals surface area contributed by atoms with Crippen molar-refractivity contribution < 1.29 is 4.79 Å². The molecule has 30 heavy (non-hydrogen) atoms. The zero-order valence-electron chi connectivity index (χ0n) is 18.2. The van der Waals surface area contributed by atoms with Crippen LogP contribution < -0.4 is 10.2 Å². The van der Waals surface area contributed by atoms with Crippen molar-refractivity contribution in [2.24, 2.45) is 5.92 Å². The van der Waals surface area contributed by atoms with E-state index >= 15 is 0 Å². The van der Waals surface area contributed by atoms with E-state index in [1.807, 2.05) is 17.9 Å². The second kappa shape index (κ2) is 9.45. The number of rotatable bonds is 6. The van der Waals surface area contributed by atoms with E-state index in [0.29, 0.717) is 12.3 Å². The van der Waals surface area contributed by atoms with Crippen LogP contribution in [0.25, 0.3) is 0 Å². The first-order valence-corrected chi connectivity index (χ1v) is 11.3. The molecule has 6 nitrogen and oxygen atoms in total. The fourth-order valence-electron chi connectivity index (χ4n) is 4.53. The first-order chi connectivity index (χ1) is 14.6. The fraction of sp³-hybridized carbons (Fsp3) is 0.542. The fourth-order valence-corrected chi connectivity index (χ4v) is 4.53. The maximum Gasteiger partial charge on any atom is 0.222 e. The normalized spacial score (nSPS) is 17.4. The van der Waals surface area contributed by atoms with E-state index in [0.717, 1.165) is 61.7 Å². The van der Waals surface area contributed by atoms with E-state index in [9.17, 15) is 4.79 Å². The highest BCUT2D eigenvalue weighted by atomic mass is 16.2. The standard InChI is InChI=1S/C24H33N5O/c1-18-7-10-21(11-8-18)27-22-17-23(26-19(2)25-22)28-13-15-29(16-14-28)24(30)12-9-20-5-3-4-6-20/h7-8,10-11,17,20H,3-6,9,12-16H2,1-2H3,(H,25,26,27). The summed E-state index contributed by atoms with van der Waals surface area (Å²) in [6, 6.07) is 10.3. The molecule has 6 heteroatoms. The number of aryl methyl sites for hydroxylation is 2. The predicted octanol–water partition coefficient (Wildman–Crippen LogP) is 4.46. The molecule has 0 unspecified atom stereocenters. The van der Waals surface area contributed by atoms with Gasteiger partial charge in [-0.25, -0.2) is 9.97 Å². The molecule has 4 rings (SSSR count). The minimum atomic E-state index is 0.321. The Morgan fingerprint density at radius 2 is 1.73 bits per heavy atom. The van der Waals surface area contributed by atoms with Crippen LogP contribution >= 0.6 is 0 Å². The van der Waals surface area contributed by atoms with Crippen LogP contribution in [-0.4, -0.2) is 47.0 Å². The van der Waals surface area contributed by atoms with Crippen LogP contribution in [0.1, 0.15) is 49.9 Å². The highest BCUT2D eigenvalue weighted by Crippen LogP contribution is 2.29. The zero-order valence-corrected chi connectivity index (χ0v) is 18.2. The first kappa shape index (κ1) is 20.6. The SMILES string of the molecule is Cc1ccc(Nc2cc(N3CCN(C(=O)CCC4CCCC4)CC3)nc(C)n2)cc1. The van der Waals surface area contributed by atoms with Gasteiger partial charge in [0.05, 0.1) is 0 Å². The van der Waals surface area contributed by atoms with Crippen molar-refractivity contribution in [2.45, 2.75) is 52.4 Å². The number of anilines is 3. The Balaban J connectivity index is 1.33. The molecule has 0 radical (unpaired) electrons. The number of hydrogen-bond donors (Lipinski definition) is 1. The van der Waals surface area contributed by atoms with Crippen molar-refractivity contribution in [1.29, 1.82) is 0 Å². The van der Waals surface area contributed by atoms with Gasteiger partial charge in [-0.15, -0.1) is 0 Å². The monoisotopic (exact) mass is 407 g/mol. The van der Waals surface area contributed by atoms with Crippen LogP contribution in [-0.2, 0) is 4.79 Å². The molecule has 2 fully saturated rings. The summed E-state index contributed by atoms with van der Waals surface area (Å²) in [6.07, 6.45) is 7.09. The van der Waals surface area contributed by atoms with E-state index in [-0.39, 0.29) is 0 Å². The summed E-state index contributed by atoms with van der Waals surface area (Å²) in [4.78, 5) is 26.1. The quantitative estimate of drug-likeness (QED) is 0.766. The van der Waals surface area contributed by atoms with Crippen molar-refractivity contribution >= 4 is 23.2 Å². The van der Waals surface area contributed by atoms with Gasteiger partial charge < -0.3 is 15.1 Å². The van der Waals surface area contributed by atoms with Gasteiger partial charge in [0.2, 0.25) is 5.91 Å². The van der Waals surface area contributed by atoms with Gasteiger partial charge in [0.1, 0.15) is 17.5 Å². The number of carbonyl (C=O) groups excluding carboxylic acids is 1. The maximum atomic E-state index is 12.6. The minimum absolute atomic E-state index is 0.321. The van der Waals surface area contributed by atoms with Gasteiger partial charge in [-0.3, -0.25) is 4.79 Å². The third-order valence-corrected chi connectivity index (χ3v) is 6.35. The third-order valence-electron chi connectivity index (χ3n) is 6.35. The summed E-state index contributed by atoms with van der Waals surface area (Å²) in [5, 5.41) is 3.38. The second-order valence-corrected chi connectivity index (χ2v) is 8.71. The Morgan fingerprint density at radius 3 is 2.43 bits per heavy atom. The molecule has 1 aliphatic heterocycles. The third kappa shape index (κ3) is 5.29.